The quantitative estimate of drug-likeness (QED) is 0.542. The molecule has 2 N–H and O–H groups in total. The molecular formula is C21H34N4O2. The molecule has 2 rings (SSSR count). The number of nitrogens with zero attached hydrogens (tertiary/aromatic N) is 2. The average molecular weight is 375 g/mol. The summed E-state index contributed by atoms with van der Waals surface area (Å²) in [6, 6.07) is 10.2. The third-order valence-electron chi connectivity index (χ3n) is 4.74. The van der Waals surface area contributed by atoms with Crippen molar-refractivity contribution >= 4 is 11.9 Å². The minimum absolute atomic E-state index is 0.0684. The molecule has 0 aromatic heterocycles. The highest BCUT2D eigenvalue weighted by molar-refractivity contribution is 5.81. The van der Waals surface area contributed by atoms with E-state index in [4.69, 9.17) is 4.74 Å². The first-order valence-electron chi connectivity index (χ1n) is 10.2. The van der Waals surface area contributed by atoms with Gasteiger partial charge in [0, 0.05) is 44.9 Å². The second-order valence-electron chi connectivity index (χ2n) is 6.98. The van der Waals surface area contributed by atoms with Crippen molar-refractivity contribution < 1.29 is 9.53 Å². The van der Waals surface area contributed by atoms with Crippen LogP contribution in [0, 0.1) is 0 Å². The number of rotatable bonds is 8. The maximum atomic E-state index is 11.9. The summed E-state index contributed by atoms with van der Waals surface area (Å²) in [5.41, 5.74) is 0. The summed E-state index contributed by atoms with van der Waals surface area (Å²) in [5, 5.41) is 6.33. The Kier molecular flexibility index (Phi) is 8.95. The zero-order chi connectivity index (χ0) is 19.5. The van der Waals surface area contributed by atoms with Crippen LogP contribution in [-0.4, -0.2) is 55.1 Å². The van der Waals surface area contributed by atoms with Gasteiger partial charge in [0.15, 0.2) is 5.96 Å². The van der Waals surface area contributed by atoms with E-state index in [-0.39, 0.29) is 18.1 Å². The molecule has 1 heterocycles. The number of benzene rings is 1. The molecule has 0 saturated carbocycles. The molecule has 1 fully saturated rings. The third-order valence-corrected chi connectivity index (χ3v) is 4.74. The van der Waals surface area contributed by atoms with Gasteiger partial charge in [-0.3, -0.25) is 9.79 Å². The summed E-state index contributed by atoms with van der Waals surface area (Å²) in [6.07, 6.45) is 3.54. The lowest BCUT2D eigenvalue weighted by Gasteiger charge is -2.34. The van der Waals surface area contributed by atoms with Crippen LogP contribution in [-0.2, 0) is 4.79 Å². The maximum absolute atomic E-state index is 11.9. The largest absolute Gasteiger partial charge is 0.490 e. The zero-order valence-electron chi connectivity index (χ0n) is 16.9. The molecule has 1 aliphatic rings. The molecule has 1 aromatic carbocycles. The number of ether oxygens (including phenoxy) is 1. The lowest BCUT2D eigenvalue weighted by molar-refractivity contribution is -0.121. The zero-order valence-corrected chi connectivity index (χ0v) is 16.9. The Bertz CT molecular complexity index is 583. The topological polar surface area (TPSA) is 66.0 Å². The number of amides is 1. The Morgan fingerprint density at radius 2 is 1.96 bits per heavy atom. The van der Waals surface area contributed by atoms with Crippen molar-refractivity contribution in [1.29, 1.82) is 0 Å². The van der Waals surface area contributed by atoms with Gasteiger partial charge in [-0.1, -0.05) is 25.1 Å². The Balaban J connectivity index is 1.80. The van der Waals surface area contributed by atoms with Gasteiger partial charge >= 0.3 is 0 Å². The average Bonchev–Trinajstić information content (AvgIpc) is 2.68. The molecule has 6 heteroatoms. The standard InChI is InChI=1S/C21H34N4O2/c1-4-17(3)24-20(26)11-14-23-21(22-5-2)25-15-12-19(13-16-25)27-18-9-7-6-8-10-18/h6-10,17,19H,4-5,11-16H2,1-3H3,(H,22,23)(H,24,26). The SMILES string of the molecule is CCNC(=NCCC(=O)NC(C)CC)N1CCC(Oc2ccccc2)CC1. The van der Waals surface area contributed by atoms with Gasteiger partial charge in [0.2, 0.25) is 5.91 Å². The summed E-state index contributed by atoms with van der Waals surface area (Å²) in [7, 11) is 0. The van der Waals surface area contributed by atoms with Crippen LogP contribution < -0.4 is 15.4 Å². The van der Waals surface area contributed by atoms with Crippen molar-refractivity contribution in [3.05, 3.63) is 30.3 Å². The molecule has 150 valence electrons. The molecule has 0 spiro atoms. The van der Waals surface area contributed by atoms with E-state index >= 15 is 0 Å². The van der Waals surface area contributed by atoms with Crippen LogP contribution in [0.15, 0.2) is 35.3 Å². The van der Waals surface area contributed by atoms with Crippen LogP contribution in [0.3, 0.4) is 0 Å². The van der Waals surface area contributed by atoms with Crippen molar-refractivity contribution in [3.63, 3.8) is 0 Å². The smallest absolute Gasteiger partial charge is 0.222 e. The van der Waals surface area contributed by atoms with E-state index in [1.54, 1.807) is 0 Å². The van der Waals surface area contributed by atoms with E-state index in [0.717, 1.165) is 50.6 Å². The minimum atomic E-state index is 0.0684. The van der Waals surface area contributed by atoms with Crippen molar-refractivity contribution in [2.75, 3.05) is 26.2 Å². The summed E-state index contributed by atoms with van der Waals surface area (Å²) >= 11 is 0. The van der Waals surface area contributed by atoms with Crippen LogP contribution in [0.1, 0.15) is 46.5 Å². The maximum Gasteiger partial charge on any atom is 0.222 e. The highest BCUT2D eigenvalue weighted by Gasteiger charge is 2.22. The molecule has 0 radical (unpaired) electrons. The van der Waals surface area contributed by atoms with Crippen molar-refractivity contribution in [1.82, 2.24) is 15.5 Å². The normalized spacial score (nSPS) is 16.7. The second kappa shape index (κ2) is 11.5. The Morgan fingerprint density at radius 1 is 1.26 bits per heavy atom. The summed E-state index contributed by atoms with van der Waals surface area (Å²) < 4.78 is 6.06. The summed E-state index contributed by atoms with van der Waals surface area (Å²) in [6.45, 7) is 9.29. The number of nitrogens with one attached hydrogen (secondary N) is 2. The van der Waals surface area contributed by atoms with E-state index in [9.17, 15) is 4.79 Å². The number of carbonyl (C=O) groups is 1. The van der Waals surface area contributed by atoms with E-state index in [0.29, 0.717) is 13.0 Å². The minimum Gasteiger partial charge on any atom is -0.490 e. The highest BCUT2D eigenvalue weighted by Crippen LogP contribution is 2.18. The molecule has 1 unspecified atom stereocenters. The van der Waals surface area contributed by atoms with Crippen LogP contribution in [0.25, 0.3) is 0 Å². The lowest BCUT2D eigenvalue weighted by Crippen LogP contribution is -2.47. The number of piperidine rings is 1. The molecule has 1 amide bonds. The number of guanidine groups is 1. The molecule has 6 nitrogen and oxygen atoms in total. The summed E-state index contributed by atoms with van der Waals surface area (Å²) in [5.74, 6) is 1.90. The Labute approximate surface area is 163 Å². The molecule has 1 aliphatic heterocycles. The van der Waals surface area contributed by atoms with Gasteiger partial charge in [0.1, 0.15) is 11.9 Å². The predicted molar refractivity (Wildman–Crippen MR) is 110 cm³/mol. The molecular weight excluding hydrogens is 340 g/mol. The number of hydrogen-bond donors (Lipinski definition) is 2. The van der Waals surface area contributed by atoms with E-state index in [2.05, 4.69) is 34.4 Å². The number of carbonyl (C=O) groups excluding carboxylic acids is 1. The Hall–Kier alpha value is -2.24. The van der Waals surface area contributed by atoms with Gasteiger partial charge < -0.3 is 20.3 Å². The van der Waals surface area contributed by atoms with Gasteiger partial charge in [-0.15, -0.1) is 0 Å². The van der Waals surface area contributed by atoms with E-state index < -0.39 is 0 Å². The molecule has 1 aromatic rings. The fourth-order valence-electron chi connectivity index (χ4n) is 3.02. The number of hydrogen-bond acceptors (Lipinski definition) is 3. The van der Waals surface area contributed by atoms with Gasteiger partial charge in [-0.25, -0.2) is 0 Å². The fraction of sp³-hybridized carbons (Fsp3) is 0.619. The first-order valence-corrected chi connectivity index (χ1v) is 10.2. The number of likely N-dealkylation sites (tertiary alicyclic amines) is 1. The van der Waals surface area contributed by atoms with Gasteiger partial charge in [-0.2, -0.15) is 0 Å². The monoisotopic (exact) mass is 374 g/mol. The number of para-hydroxylation sites is 1. The van der Waals surface area contributed by atoms with Crippen molar-refractivity contribution in [2.24, 2.45) is 4.99 Å². The molecule has 0 bridgehead atoms. The van der Waals surface area contributed by atoms with Crippen LogP contribution >= 0.6 is 0 Å². The van der Waals surface area contributed by atoms with Crippen LogP contribution in [0.5, 0.6) is 5.75 Å². The third kappa shape index (κ3) is 7.49. The fourth-order valence-corrected chi connectivity index (χ4v) is 3.02. The van der Waals surface area contributed by atoms with Crippen molar-refractivity contribution in [3.8, 4) is 5.75 Å². The second-order valence-corrected chi connectivity index (χ2v) is 6.98. The highest BCUT2D eigenvalue weighted by atomic mass is 16.5. The summed E-state index contributed by atoms with van der Waals surface area (Å²) in [4.78, 5) is 18.8. The lowest BCUT2D eigenvalue weighted by atomic mass is 10.1. The van der Waals surface area contributed by atoms with E-state index in [1.807, 2.05) is 37.3 Å². The van der Waals surface area contributed by atoms with Crippen LogP contribution in [0.2, 0.25) is 0 Å². The molecule has 27 heavy (non-hydrogen) atoms. The van der Waals surface area contributed by atoms with Gasteiger partial charge in [0.05, 0.1) is 6.54 Å². The predicted octanol–water partition coefficient (Wildman–Crippen LogP) is 2.80. The number of aliphatic imine (C=N–C) groups is 1. The molecule has 0 aliphatic carbocycles. The van der Waals surface area contributed by atoms with E-state index in [1.165, 1.54) is 0 Å². The van der Waals surface area contributed by atoms with Gasteiger partial charge in [-0.05, 0) is 32.4 Å². The Morgan fingerprint density at radius 3 is 2.59 bits per heavy atom. The van der Waals surface area contributed by atoms with Crippen molar-refractivity contribution in [2.45, 2.75) is 58.6 Å². The molecule has 1 saturated heterocycles. The molecule has 1 atom stereocenters. The van der Waals surface area contributed by atoms with Gasteiger partial charge in [0.25, 0.3) is 0 Å². The first-order chi connectivity index (χ1) is 13.1. The van der Waals surface area contributed by atoms with Crippen LogP contribution in [0.4, 0.5) is 0 Å². The first kappa shape index (κ1) is 21.1.